The molecule has 0 aliphatic heterocycles. The molecule has 1 aromatic heterocycles. The quantitative estimate of drug-likeness (QED) is 0.803. The number of rotatable bonds is 3. The van der Waals surface area contributed by atoms with Gasteiger partial charge in [0.1, 0.15) is 0 Å². The highest BCUT2D eigenvalue weighted by atomic mass is 32.1. The standard InChI is InChI=1S/C16H15N3OS/c1-19(2)12-7-5-6-11(10-12)15(20)18-16-17-13-8-3-4-9-14(13)21-16/h3-10H,1-2H3,(H,17,18,20). The topological polar surface area (TPSA) is 45.2 Å². The van der Waals surface area contributed by atoms with Gasteiger partial charge >= 0.3 is 0 Å². The van der Waals surface area contributed by atoms with Crippen molar-refractivity contribution in [2.24, 2.45) is 0 Å². The molecule has 0 aliphatic carbocycles. The molecule has 0 unspecified atom stereocenters. The Labute approximate surface area is 127 Å². The third-order valence-corrected chi connectivity index (χ3v) is 4.09. The van der Waals surface area contributed by atoms with Crippen molar-refractivity contribution in [3.63, 3.8) is 0 Å². The van der Waals surface area contributed by atoms with Gasteiger partial charge in [-0.05, 0) is 30.3 Å². The van der Waals surface area contributed by atoms with Gasteiger partial charge in [0, 0.05) is 25.3 Å². The van der Waals surface area contributed by atoms with Crippen LogP contribution in [0, 0.1) is 0 Å². The lowest BCUT2D eigenvalue weighted by molar-refractivity contribution is 0.102. The Morgan fingerprint density at radius 2 is 1.95 bits per heavy atom. The molecule has 2 aromatic carbocycles. The number of anilines is 2. The maximum Gasteiger partial charge on any atom is 0.257 e. The fraction of sp³-hybridized carbons (Fsp3) is 0.125. The third-order valence-electron chi connectivity index (χ3n) is 3.14. The summed E-state index contributed by atoms with van der Waals surface area (Å²) < 4.78 is 1.06. The molecule has 4 nitrogen and oxygen atoms in total. The zero-order chi connectivity index (χ0) is 14.8. The maximum absolute atomic E-state index is 12.3. The van der Waals surface area contributed by atoms with Crippen LogP contribution in [0.2, 0.25) is 0 Å². The van der Waals surface area contributed by atoms with Crippen molar-refractivity contribution in [1.82, 2.24) is 4.98 Å². The zero-order valence-electron chi connectivity index (χ0n) is 11.8. The first kappa shape index (κ1) is 13.6. The number of hydrogen-bond acceptors (Lipinski definition) is 4. The van der Waals surface area contributed by atoms with E-state index < -0.39 is 0 Å². The Morgan fingerprint density at radius 1 is 1.14 bits per heavy atom. The first-order valence-corrected chi connectivity index (χ1v) is 7.39. The summed E-state index contributed by atoms with van der Waals surface area (Å²) in [5.41, 5.74) is 2.52. The number of nitrogens with one attached hydrogen (secondary N) is 1. The molecule has 1 N–H and O–H groups in total. The normalized spacial score (nSPS) is 10.6. The van der Waals surface area contributed by atoms with Gasteiger partial charge in [-0.2, -0.15) is 0 Å². The number of amides is 1. The van der Waals surface area contributed by atoms with Crippen molar-refractivity contribution in [2.75, 3.05) is 24.3 Å². The lowest BCUT2D eigenvalue weighted by Gasteiger charge is -2.13. The number of carbonyl (C=O) groups is 1. The largest absolute Gasteiger partial charge is 0.378 e. The molecule has 5 heteroatoms. The van der Waals surface area contributed by atoms with Gasteiger partial charge in [0.25, 0.3) is 5.91 Å². The van der Waals surface area contributed by atoms with Crippen LogP contribution in [-0.2, 0) is 0 Å². The predicted octanol–water partition coefficient (Wildman–Crippen LogP) is 3.61. The number of carbonyl (C=O) groups excluding carboxylic acids is 1. The van der Waals surface area contributed by atoms with Gasteiger partial charge in [0.05, 0.1) is 10.2 Å². The molecular formula is C16H15N3OS. The second kappa shape index (κ2) is 5.54. The highest BCUT2D eigenvalue weighted by Crippen LogP contribution is 2.26. The van der Waals surface area contributed by atoms with Crippen molar-refractivity contribution < 1.29 is 4.79 Å². The molecule has 0 saturated heterocycles. The lowest BCUT2D eigenvalue weighted by atomic mass is 10.2. The van der Waals surface area contributed by atoms with Gasteiger partial charge in [0.2, 0.25) is 0 Å². The second-order valence-electron chi connectivity index (χ2n) is 4.89. The molecule has 0 aliphatic rings. The van der Waals surface area contributed by atoms with Crippen molar-refractivity contribution >= 4 is 38.3 Å². The summed E-state index contributed by atoms with van der Waals surface area (Å²) in [6, 6.07) is 15.3. The minimum Gasteiger partial charge on any atom is -0.378 e. The van der Waals surface area contributed by atoms with E-state index in [1.807, 2.05) is 61.5 Å². The molecule has 1 heterocycles. The Kier molecular flexibility index (Phi) is 3.58. The van der Waals surface area contributed by atoms with Gasteiger partial charge in [0.15, 0.2) is 5.13 Å². The molecule has 0 saturated carbocycles. The highest BCUT2D eigenvalue weighted by Gasteiger charge is 2.10. The summed E-state index contributed by atoms with van der Waals surface area (Å²) in [6.07, 6.45) is 0. The number of hydrogen-bond donors (Lipinski definition) is 1. The highest BCUT2D eigenvalue weighted by molar-refractivity contribution is 7.22. The van der Waals surface area contributed by atoms with Gasteiger partial charge in [-0.25, -0.2) is 4.98 Å². The fourth-order valence-electron chi connectivity index (χ4n) is 2.02. The molecule has 0 fully saturated rings. The van der Waals surface area contributed by atoms with Crippen LogP contribution in [0.1, 0.15) is 10.4 Å². The first-order valence-electron chi connectivity index (χ1n) is 6.58. The number of nitrogens with zero attached hydrogens (tertiary/aromatic N) is 2. The van der Waals surface area contributed by atoms with Crippen molar-refractivity contribution in [1.29, 1.82) is 0 Å². The molecule has 21 heavy (non-hydrogen) atoms. The summed E-state index contributed by atoms with van der Waals surface area (Å²) in [6.45, 7) is 0. The van der Waals surface area contributed by atoms with Crippen LogP contribution in [0.4, 0.5) is 10.8 Å². The lowest BCUT2D eigenvalue weighted by Crippen LogP contribution is -2.14. The monoisotopic (exact) mass is 297 g/mol. The van der Waals surface area contributed by atoms with Crippen molar-refractivity contribution in [3.05, 3.63) is 54.1 Å². The van der Waals surface area contributed by atoms with Gasteiger partial charge in [-0.15, -0.1) is 0 Å². The van der Waals surface area contributed by atoms with Crippen LogP contribution in [0.5, 0.6) is 0 Å². The molecule has 0 spiro atoms. The van der Waals surface area contributed by atoms with Crippen LogP contribution < -0.4 is 10.2 Å². The first-order chi connectivity index (χ1) is 10.1. The van der Waals surface area contributed by atoms with Crippen LogP contribution in [-0.4, -0.2) is 25.0 Å². The molecule has 3 rings (SSSR count). The van der Waals surface area contributed by atoms with Crippen molar-refractivity contribution in [2.45, 2.75) is 0 Å². The fourth-order valence-corrected chi connectivity index (χ4v) is 2.88. The van der Waals surface area contributed by atoms with Crippen LogP contribution in [0.25, 0.3) is 10.2 Å². The van der Waals surface area contributed by atoms with E-state index in [9.17, 15) is 4.79 Å². The third kappa shape index (κ3) is 2.87. The van der Waals surface area contributed by atoms with Gasteiger partial charge in [-0.1, -0.05) is 29.5 Å². The molecule has 0 radical (unpaired) electrons. The van der Waals surface area contributed by atoms with Gasteiger partial charge < -0.3 is 4.90 Å². The Hall–Kier alpha value is -2.40. The Balaban J connectivity index is 1.84. The average molecular weight is 297 g/mol. The number of thiazole rings is 1. The van der Waals surface area contributed by atoms with E-state index in [1.165, 1.54) is 11.3 Å². The second-order valence-corrected chi connectivity index (χ2v) is 5.92. The number of benzene rings is 2. The maximum atomic E-state index is 12.3. The predicted molar refractivity (Wildman–Crippen MR) is 88.3 cm³/mol. The molecule has 106 valence electrons. The molecule has 0 bridgehead atoms. The number of aromatic nitrogens is 1. The summed E-state index contributed by atoms with van der Waals surface area (Å²) in [7, 11) is 3.90. The minimum absolute atomic E-state index is 0.141. The summed E-state index contributed by atoms with van der Waals surface area (Å²) in [5.74, 6) is -0.141. The molecule has 0 atom stereocenters. The van der Waals surface area contributed by atoms with Crippen LogP contribution in [0.3, 0.4) is 0 Å². The average Bonchev–Trinajstić information content (AvgIpc) is 2.89. The number of para-hydroxylation sites is 1. The summed E-state index contributed by atoms with van der Waals surface area (Å²) in [5, 5.41) is 3.49. The number of fused-ring (bicyclic) bond motifs is 1. The Bertz CT molecular complexity index is 762. The molecule has 3 aromatic rings. The Morgan fingerprint density at radius 3 is 2.71 bits per heavy atom. The van der Waals surface area contributed by atoms with E-state index >= 15 is 0 Å². The zero-order valence-corrected chi connectivity index (χ0v) is 12.6. The SMILES string of the molecule is CN(C)c1cccc(C(=O)Nc2nc3ccccc3s2)c1. The van der Waals surface area contributed by atoms with E-state index in [4.69, 9.17) is 0 Å². The van der Waals surface area contributed by atoms with E-state index in [2.05, 4.69) is 10.3 Å². The van der Waals surface area contributed by atoms with E-state index in [1.54, 1.807) is 6.07 Å². The van der Waals surface area contributed by atoms with Crippen LogP contribution in [0.15, 0.2) is 48.5 Å². The van der Waals surface area contributed by atoms with Crippen molar-refractivity contribution in [3.8, 4) is 0 Å². The van der Waals surface area contributed by atoms with Crippen LogP contribution >= 0.6 is 11.3 Å². The van der Waals surface area contributed by atoms with Gasteiger partial charge in [-0.3, -0.25) is 10.1 Å². The molecule has 1 amide bonds. The molecular weight excluding hydrogens is 282 g/mol. The summed E-state index contributed by atoms with van der Waals surface area (Å²) >= 11 is 1.48. The van der Waals surface area contributed by atoms with E-state index in [0.29, 0.717) is 10.7 Å². The smallest absolute Gasteiger partial charge is 0.257 e. The minimum atomic E-state index is -0.141. The summed E-state index contributed by atoms with van der Waals surface area (Å²) in [4.78, 5) is 18.7. The van der Waals surface area contributed by atoms with E-state index in [0.717, 1.165) is 15.9 Å². The van der Waals surface area contributed by atoms with E-state index in [-0.39, 0.29) is 5.91 Å².